The quantitative estimate of drug-likeness (QED) is 0.791. The van der Waals surface area contributed by atoms with Gasteiger partial charge >= 0.3 is 0 Å². The Morgan fingerprint density at radius 1 is 0.895 bits per heavy atom. The minimum Gasteiger partial charge on any atom is -0.317 e. The maximum absolute atomic E-state index is 3.49. The van der Waals surface area contributed by atoms with Gasteiger partial charge in [-0.25, -0.2) is 0 Å². The fourth-order valence-corrected chi connectivity index (χ4v) is 3.88. The van der Waals surface area contributed by atoms with E-state index in [-0.39, 0.29) is 0 Å². The zero-order valence-electron chi connectivity index (χ0n) is 13.2. The molecule has 19 heavy (non-hydrogen) atoms. The van der Waals surface area contributed by atoms with Crippen LogP contribution in [-0.4, -0.2) is 37.6 Å². The third-order valence-corrected chi connectivity index (χ3v) is 5.17. The van der Waals surface area contributed by atoms with Crippen LogP contribution in [0.25, 0.3) is 0 Å². The van der Waals surface area contributed by atoms with Crippen molar-refractivity contribution in [1.82, 2.24) is 10.2 Å². The number of piperidine rings is 1. The first-order valence-electron chi connectivity index (χ1n) is 8.71. The second-order valence-electron chi connectivity index (χ2n) is 7.08. The van der Waals surface area contributed by atoms with Crippen LogP contribution in [0.1, 0.15) is 58.8 Å². The van der Waals surface area contributed by atoms with E-state index in [0.29, 0.717) is 0 Å². The van der Waals surface area contributed by atoms with Gasteiger partial charge in [0, 0.05) is 13.1 Å². The Bertz CT molecular complexity index is 227. The Morgan fingerprint density at radius 3 is 2.05 bits per heavy atom. The highest BCUT2D eigenvalue weighted by Crippen LogP contribution is 2.29. The van der Waals surface area contributed by atoms with E-state index in [2.05, 4.69) is 24.1 Å². The number of hydrogen-bond donors (Lipinski definition) is 1. The van der Waals surface area contributed by atoms with Crippen LogP contribution in [0.15, 0.2) is 0 Å². The van der Waals surface area contributed by atoms with Crippen LogP contribution in [0.4, 0.5) is 0 Å². The summed E-state index contributed by atoms with van der Waals surface area (Å²) in [5.41, 5.74) is 0. The summed E-state index contributed by atoms with van der Waals surface area (Å²) < 4.78 is 0. The van der Waals surface area contributed by atoms with Crippen molar-refractivity contribution in [1.29, 1.82) is 0 Å². The molecule has 2 aliphatic rings. The molecule has 2 rings (SSSR count). The second-order valence-corrected chi connectivity index (χ2v) is 7.08. The molecule has 2 nitrogen and oxygen atoms in total. The molecule has 0 atom stereocenters. The topological polar surface area (TPSA) is 15.3 Å². The minimum absolute atomic E-state index is 0.954. The van der Waals surface area contributed by atoms with Crippen molar-refractivity contribution >= 4 is 0 Å². The highest BCUT2D eigenvalue weighted by atomic mass is 15.1. The van der Waals surface area contributed by atoms with Gasteiger partial charge in [0.05, 0.1) is 0 Å². The Morgan fingerprint density at radius 2 is 1.47 bits per heavy atom. The SMILES string of the molecule is CCCN(CC1CCNCC1)CC1CCC(C)CC1. The fraction of sp³-hybridized carbons (Fsp3) is 1.00. The Labute approximate surface area is 120 Å². The molecular formula is C17H34N2. The molecule has 1 saturated carbocycles. The Kier molecular flexibility index (Phi) is 6.66. The lowest BCUT2D eigenvalue weighted by Gasteiger charge is -2.34. The van der Waals surface area contributed by atoms with E-state index in [1.54, 1.807) is 0 Å². The van der Waals surface area contributed by atoms with Crippen LogP contribution in [0.2, 0.25) is 0 Å². The van der Waals surface area contributed by atoms with Crippen molar-refractivity contribution in [3.8, 4) is 0 Å². The van der Waals surface area contributed by atoms with Crippen molar-refractivity contribution in [3.63, 3.8) is 0 Å². The van der Waals surface area contributed by atoms with Crippen molar-refractivity contribution in [2.75, 3.05) is 32.7 Å². The summed E-state index contributed by atoms with van der Waals surface area (Å²) in [7, 11) is 0. The molecule has 0 unspecified atom stereocenters. The number of nitrogens with zero attached hydrogens (tertiary/aromatic N) is 1. The van der Waals surface area contributed by atoms with Crippen molar-refractivity contribution in [2.24, 2.45) is 17.8 Å². The monoisotopic (exact) mass is 266 g/mol. The van der Waals surface area contributed by atoms with E-state index in [9.17, 15) is 0 Å². The third kappa shape index (κ3) is 5.43. The van der Waals surface area contributed by atoms with Gasteiger partial charge in [-0.05, 0) is 69.5 Å². The van der Waals surface area contributed by atoms with Crippen molar-refractivity contribution < 1.29 is 0 Å². The van der Waals surface area contributed by atoms with Gasteiger partial charge in [-0.2, -0.15) is 0 Å². The summed E-state index contributed by atoms with van der Waals surface area (Å²) in [6.07, 6.45) is 10.00. The van der Waals surface area contributed by atoms with E-state index < -0.39 is 0 Å². The molecule has 0 aromatic rings. The van der Waals surface area contributed by atoms with Crippen molar-refractivity contribution in [3.05, 3.63) is 0 Å². The first-order chi connectivity index (χ1) is 9.28. The number of nitrogens with one attached hydrogen (secondary N) is 1. The third-order valence-electron chi connectivity index (χ3n) is 5.17. The van der Waals surface area contributed by atoms with Gasteiger partial charge in [-0.3, -0.25) is 0 Å². The molecule has 0 aromatic heterocycles. The van der Waals surface area contributed by atoms with Crippen LogP contribution >= 0.6 is 0 Å². The maximum Gasteiger partial charge on any atom is 0.00107 e. The van der Waals surface area contributed by atoms with E-state index in [1.165, 1.54) is 77.7 Å². The molecule has 0 aromatic carbocycles. The predicted octanol–water partition coefficient (Wildman–Crippen LogP) is 3.52. The van der Waals surface area contributed by atoms with Gasteiger partial charge < -0.3 is 10.2 Å². The Balaban J connectivity index is 1.74. The number of hydrogen-bond acceptors (Lipinski definition) is 2. The summed E-state index contributed by atoms with van der Waals surface area (Å²) in [5, 5.41) is 3.49. The summed E-state index contributed by atoms with van der Waals surface area (Å²) in [4.78, 5) is 2.79. The highest BCUT2D eigenvalue weighted by molar-refractivity contribution is 4.77. The molecule has 112 valence electrons. The van der Waals surface area contributed by atoms with Crippen molar-refractivity contribution in [2.45, 2.75) is 58.8 Å². The minimum atomic E-state index is 0.954. The zero-order chi connectivity index (χ0) is 13.5. The largest absolute Gasteiger partial charge is 0.317 e. The predicted molar refractivity (Wildman–Crippen MR) is 83.4 cm³/mol. The summed E-state index contributed by atoms with van der Waals surface area (Å²) in [5.74, 6) is 2.93. The van der Waals surface area contributed by atoms with Crippen LogP contribution in [0, 0.1) is 17.8 Å². The van der Waals surface area contributed by atoms with E-state index >= 15 is 0 Å². The van der Waals surface area contributed by atoms with Crippen LogP contribution in [0.5, 0.6) is 0 Å². The highest BCUT2D eigenvalue weighted by Gasteiger charge is 2.22. The molecule has 1 heterocycles. The smallest absolute Gasteiger partial charge is 0.00107 e. The molecule has 1 N–H and O–H groups in total. The summed E-state index contributed by atoms with van der Waals surface area (Å²) >= 11 is 0. The van der Waals surface area contributed by atoms with E-state index in [0.717, 1.165) is 17.8 Å². The van der Waals surface area contributed by atoms with E-state index in [1.807, 2.05) is 0 Å². The van der Waals surface area contributed by atoms with Gasteiger partial charge in [-0.1, -0.05) is 26.7 Å². The van der Waals surface area contributed by atoms with Gasteiger partial charge in [0.15, 0.2) is 0 Å². The lowest BCUT2D eigenvalue weighted by Crippen LogP contribution is -2.39. The lowest BCUT2D eigenvalue weighted by atomic mass is 9.82. The first-order valence-corrected chi connectivity index (χ1v) is 8.71. The average molecular weight is 266 g/mol. The molecule has 1 aliphatic heterocycles. The first kappa shape index (κ1) is 15.3. The Hall–Kier alpha value is -0.0800. The second kappa shape index (κ2) is 8.26. The van der Waals surface area contributed by atoms with Crippen LogP contribution in [-0.2, 0) is 0 Å². The molecule has 1 aliphatic carbocycles. The summed E-state index contributed by atoms with van der Waals surface area (Å²) in [6.45, 7) is 11.3. The normalized spacial score (nSPS) is 29.8. The van der Waals surface area contributed by atoms with Gasteiger partial charge in [0.2, 0.25) is 0 Å². The lowest BCUT2D eigenvalue weighted by molar-refractivity contribution is 0.153. The standard InChI is InChI=1S/C17H34N2/c1-3-12-19(14-17-8-10-18-11-9-17)13-16-6-4-15(2)5-7-16/h15-18H,3-14H2,1-2H3. The summed E-state index contributed by atoms with van der Waals surface area (Å²) in [6, 6.07) is 0. The van der Waals surface area contributed by atoms with Gasteiger partial charge in [-0.15, -0.1) is 0 Å². The van der Waals surface area contributed by atoms with Gasteiger partial charge in [0.25, 0.3) is 0 Å². The maximum atomic E-state index is 3.49. The fourth-order valence-electron chi connectivity index (χ4n) is 3.88. The van der Waals surface area contributed by atoms with E-state index in [4.69, 9.17) is 0 Å². The molecule has 0 bridgehead atoms. The molecule has 2 fully saturated rings. The van der Waals surface area contributed by atoms with Crippen LogP contribution in [0.3, 0.4) is 0 Å². The molecular weight excluding hydrogens is 232 g/mol. The molecule has 1 saturated heterocycles. The molecule has 0 spiro atoms. The number of rotatable bonds is 6. The molecule has 0 radical (unpaired) electrons. The molecule has 0 amide bonds. The molecule has 2 heteroatoms. The van der Waals surface area contributed by atoms with Gasteiger partial charge in [0.1, 0.15) is 0 Å². The van der Waals surface area contributed by atoms with Crippen LogP contribution < -0.4 is 5.32 Å². The zero-order valence-corrected chi connectivity index (χ0v) is 13.2. The average Bonchev–Trinajstić information content (AvgIpc) is 2.43.